The predicted octanol–water partition coefficient (Wildman–Crippen LogP) is 3.63. The van der Waals surface area contributed by atoms with Crippen LogP contribution in [0.1, 0.15) is 23.8 Å². The number of carbonyl (C=O) groups is 1. The van der Waals surface area contributed by atoms with Crippen molar-refractivity contribution in [2.24, 2.45) is 0 Å². The van der Waals surface area contributed by atoms with E-state index < -0.39 is 0 Å². The standard InChI is InChI=1S/C19H20N4O2S/c1-12(24)23-13-4-2-5-14(10-13)25-9-8-20-18-17-15-6-3-7-16(15)26-19(17)22-11-21-18/h2,4-5,10-11H,3,6-9H2,1H3,(H,23,24)(H,20,21,22). The van der Waals surface area contributed by atoms with Gasteiger partial charge in [-0.2, -0.15) is 0 Å². The molecule has 1 aliphatic rings. The number of amides is 1. The van der Waals surface area contributed by atoms with Gasteiger partial charge in [-0.3, -0.25) is 4.79 Å². The molecule has 0 atom stereocenters. The van der Waals surface area contributed by atoms with Gasteiger partial charge in [0.25, 0.3) is 0 Å². The number of rotatable bonds is 6. The number of fused-ring (bicyclic) bond motifs is 3. The molecule has 26 heavy (non-hydrogen) atoms. The van der Waals surface area contributed by atoms with Crippen molar-refractivity contribution in [3.63, 3.8) is 0 Å². The predicted molar refractivity (Wildman–Crippen MR) is 104 cm³/mol. The van der Waals surface area contributed by atoms with Crippen LogP contribution >= 0.6 is 11.3 Å². The van der Waals surface area contributed by atoms with Gasteiger partial charge in [0.2, 0.25) is 5.91 Å². The Kier molecular flexibility index (Phi) is 4.71. The normalized spacial score (nSPS) is 12.8. The quantitative estimate of drug-likeness (QED) is 0.650. The second-order valence-corrected chi connectivity index (χ2v) is 7.33. The van der Waals surface area contributed by atoms with Gasteiger partial charge >= 0.3 is 0 Å². The van der Waals surface area contributed by atoms with E-state index in [4.69, 9.17) is 4.74 Å². The Balaban J connectivity index is 1.38. The number of thiophene rings is 1. The maximum Gasteiger partial charge on any atom is 0.221 e. The zero-order valence-electron chi connectivity index (χ0n) is 14.5. The van der Waals surface area contributed by atoms with Gasteiger partial charge in [-0.05, 0) is 37.0 Å². The zero-order chi connectivity index (χ0) is 17.9. The van der Waals surface area contributed by atoms with E-state index in [-0.39, 0.29) is 5.91 Å². The van der Waals surface area contributed by atoms with Crippen LogP contribution in [0, 0.1) is 0 Å². The number of nitrogens with zero attached hydrogens (tertiary/aromatic N) is 2. The van der Waals surface area contributed by atoms with Crippen LogP contribution in [0.2, 0.25) is 0 Å². The van der Waals surface area contributed by atoms with Gasteiger partial charge in [0.05, 0.1) is 11.9 Å². The minimum atomic E-state index is -0.0973. The Labute approximate surface area is 155 Å². The van der Waals surface area contributed by atoms with E-state index in [2.05, 4.69) is 20.6 Å². The fourth-order valence-corrected chi connectivity index (χ4v) is 4.50. The fraction of sp³-hybridized carbons (Fsp3) is 0.316. The molecule has 3 aromatic rings. The molecule has 0 aliphatic heterocycles. The van der Waals surface area contributed by atoms with Crippen molar-refractivity contribution in [1.29, 1.82) is 0 Å². The van der Waals surface area contributed by atoms with Crippen molar-refractivity contribution in [2.45, 2.75) is 26.2 Å². The molecule has 0 unspecified atom stereocenters. The molecule has 0 spiro atoms. The van der Waals surface area contributed by atoms with Gasteiger partial charge in [-0.25, -0.2) is 9.97 Å². The molecule has 2 aromatic heterocycles. The minimum absolute atomic E-state index is 0.0973. The van der Waals surface area contributed by atoms with Crippen molar-refractivity contribution < 1.29 is 9.53 Å². The second kappa shape index (κ2) is 7.29. The number of aryl methyl sites for hydroxylation is 2. The topological polar surface area (TPSA) is 76.1 Å². The first-order valence-corrected chi connectivity index (χ1v) is 9.52. The highest BCUT2D eigenvalue weighted by molar-refractivity contribution is 7.19. The minimum Gasteiger partial charge on any atom is -0.492 e. The maximum absolute atomic E-state index is 11.1. The summed E-state index contributed by atoms with van der Waals surface area (Å²) >= 11 is 1.79. The lowest BCUT2D eigenvalue weighted by atomic mass is 10.2. The highest BCUT2D eigenvalue weighted by atomic mass is 32.1. The van der Waals surface area contributed by atoms with Gasteiger partial charge in [-0.1, -0.05) is 6.07 Å². The van der Waals surface area contributed by atoms with Crippen molar-refractivity contribution in [1.82, 2.24) is 9.97 Å². The van der Waals surface area contributed by atoms with Gasteiger partial charge < -0.3 is 15.4 Å². The van der Waals surface area contributed by atoms with Crippen LogP contribution < -0.4 is 15.4 Å². The SMILES string of the molecule is CC(=O)Nc1cccc(OCCNc2ncnc3sc4c(c23)CCC4)c1. The largest absolute Gasteiger partial charge is 0.492 e. The maximum atomic E-state index is 11.1. The Morgan fingerprint density at radius 2 is 2.23 bits per heavy atom. The zero-order valence-corrected chi connectivity index (χ0v) is 15.4. The third-order valence-corrected chi connectivity index (χ3v) is 5.52. The lowest BCUT2D eigenvalue weighted by molar-refractivity contribution is -0.114. The molecule has 2 heterocycles. The highest BCUT2D eigenvalue weighted by Crippen LogP contribution is 2.38. The summed E-state index contributed by atoms with van der Waals surface area (Å²) in [4.78, 5) is 22.5. The molecule has 6 nitrogen and oxygen atoms in total. The number of carbonyl (C=O) groups excluding carboxylic acids is 1. The van der Waals surface area contributed by atoms with Crippen molar-refractivity contribution in [3.8, 4) is 5.75 Å². The van der Waals surface area contributed by atoms with E-state index in [0.717, 1.165) is 34.9 Å². The molecule has 4 rings (SSSR count). The van der Waals surface area contributed by atoms with E-state index in [0.29, 0.717) is 13.2 Å². The molecular weight excluding hydrogens is 348 g/mol. The van der Waals surface area contributed by atoms with Gasteiger partial charge in [0, 0.05) is 23.6 Å². The molecule has 2 N–H and O–H groups in total. The van der Waals surface area contributed by atoms with Crippen molar-refractivity contribution in [3.05, 3.63) is 41.0 Å². The molecule has 1 aliphatic carbocycles. The summed E-state index contributed by atoms with van der Waals surface area (Å²) in [6.45, 7) is 2.63. The van der Waals surface area contributed by atoms with Gasteiger partial charge in [0.1, 0.15) is 29.3 Å². The van der Waals surface area contributed by atoms with Crippen molar-refractivity contribution in [2.75, 3.05) is 23.8 Å². The number of nitrogens with one attached hydrogen (secondary N) is 2. The number of benzene rings is 1. The van der Waals surface area contributed by atoms with E-state index in [1.54, 1.807) is 17.7 Å². The van der Waals surface area contributed by atoms with Crippen LogP contribution in [-0.2, 0) is 17.6 Å². The molecular formula is C19H20N4O2S. The first-order chi connectivity index (χ1) is 12.7. The lowest BCUT2D eigenvalue weighted by Gasteiger charge is -2.10. The summed E-state index contributed by atoms with van der Waals surface area (Å²) in [7, 11) is 0. The summed E-state index contributed by atoms with van der Waals surface area (Å²) in [6, 6.07) is 7.38. The number of anilines is 2. The molecule has 0 fully saturated rings. The molecule has 7 heteroatoms. The first kappa shape index (κ1) is 16.8. The van der Waals surface area contributed by atoms with Crippen LogP contribution in [0.15, 0.2) is 30.6 Å². The van der Waals surface area contributed by atoms with Crippen LogP contribution in [0.5, 0.6) is 5.75 Å². The summed E-state index contributed by atoms with van der Waals surface area (Å²) in [5.41, 5.74) is 2.14. The number of ether oxygens (including phenoxy) is 1. The smallest absolute Gasteiger partial charge is 0.221 e. The van der Waals surface area contributed by atoms with E-state index in [1.807, 2.05) is 24.3 Å². The molecule has 0 saturated heterocycles. The van der Waals surface area contributed by atoms with Crippen LogP contribution in [0.4, 0.5) is 11.5 Å². The molecule has 1 aromatic carbocycles. The Morgan fingerprint density at radius 1 is 1.31 bits per heavy atom. The average molecular weight is 368 g/mol. The fourth-order valence-electron chi connectivity index (χ4n) is 3.27. The Hall–Kier alpha value is -2.67. The Morgan fingerprint density at radius 3 is 3.12 bits per heavy atom. The van der Waals surface area contributed by atoms with Crippen LogP contribution in [-0.4, -0.2) is 29.0 Å². The molecule has 0 saturated carbocycles. The third-order valence-electron chi connectivity index (χ3n) is 4.32. The average Bonchev–Trinajstić information content (AvgIpc) is 3.19. The summed E-state index contributed by atoms with van der Waals surface area (Å²) in [6.07, 6.45) is 5.11. The number of hydrogen-bond acceptors (Lipinski definition) is 6. The Bertz CT molecular complexity index is 954. The first-order valence-electron chi connectivity index (χ1n) is 8.70. The summed E-state index contributed by atoms with van der Waals surface area (Å²) in [5, 5.41) is 7.31. The molecule has 134 valence electrons. The van der Waals surface area contributed by atoms with Crippen LogP contribution in [0.25, 0.3) is 10.2 Å². The molecule has 0 radical (unpaired) electrons. The lowest BCUT2D eigenvalue weighted by Crippen LogP contribution is -2.13. The van der Waals surface area contributed by atoms with Gasteiger partial charge in [0.15, 0.2) is 0 Å². The third kappa shape index (κ3) is 3.48. The van der Waals surface area contributed by atoms with Crippen molar-refractivity contribution >= 4 is 39.0 Å². The summed E-state index contributed by atoms with van der Waals surface area (Å²) in [5.74, 6) is 1.52. The summed E-state index contributed by atoms with van der Waals surface area (Å²) < 4.78 is 5.78. The second-order valence-electron chi connectivity index (χ2n) is 6.24. The number of hydrogen-bond donors (Lipinski definition) is 2. The van der Waals surface area contributed by atoms with E-state index in [9.17, 15) is 4.79 Å². The highest BCUT2D eigenvalue weighted by Gasteiger charge is 2.20. The number of aromatic nitrogens is 2. The molecule has 0 bridgehead atoms. The monoisotopic (exact) mass is 368 g/mol. The van der Waals surface area contributed by atoms with Crippen LogP contribution in [0.3, 0.4) is 0 Å². The van der Waals surface area contributed by atoms with Gasteiger partial charge in [-0.15, -0.1) is 11.3 Å². The molecule has 1 amide bonds. The van der Waals surface area contributed by atoms with E-state index in [1.165, 1.54) is 29.2 Å². The van der Waals surface area contributed by atoms with E-state index >= 15 is 0 Å².